The zero-order valence-corrected chi connectivity index (χ0v) is 9.04. The Morgan fingerprint density at radius 1 is 1.07 bits per heavy atom. The highest BCUT2D eigenvalue weighted by atomic mass is 16.3. The fraction of sp³-hybridized carbons (Fsp3) is 1.00. The lowest BCUT2D eigenvalue weighted by molar-refractivity contribution is 0.196. The van der Waals surface area contributed by atoms with Crippen molar-refractivity contribution >= 4 is 0 Å². The smallest absolute Gasteiger partial charge is 0.0445 e. The van der Waals surface area contributed by atoms with Crippen LogP contribution in [0.3, 0.4) is 0 Å². The summed E-state index contributed by atoms with van der Waals surface area (Å²) in [4.78, 5) is 0. The fourth-order valence-corrected chi connectivity index (χ4v) is 3.37. The minimum Gasteiger partial charge on any atom is -0.396 e. The van der Waals surface area contributed by atoms with E-state index in [9.17, 15) is 0 Å². The van der Waals surface area contributed by atoms with Crippen molar-refractivity contribution in [3.8, 4) is 0 Å². The van der Waals surface area contributed by atoms with Gasteiger partial charge in [0, 0.05) is 12.6 Å². The van der Waals surface area contributed by atoms with E-state index in [-0.39, 0.29) is 0 Å². The van der Waals surface area contributed by atoms with Crippen LogP contribution in [0.25, 0.3) is 0 Å². The summed E-state index contributed by atoms with van der Waals surface area (Å²) < 4.78 is 0. The van der Waals surface area contributed by atoms with Gasteiger partial charge in [0.15, 0.2) is 0 Å². The molecule has 1 saturated heterocycles. The summed E-state index contributed by atoms with van der Waals surface area (Å²) in [5, 5.41) is 12.5. The average Bonchev–Trinajstić information content (AvgIpc) is 2.68. The van der Waals surface area contributed by atoms with Gasteiger partial charge in [-0.15, -0.1) is 0 Å². The van der Waals surface area contributed by atoms with Crippen molar-refractivity contribution in [3.63, 3.8) is 0 Å². The van der Waals surface area contributed by atoms with Crippen molar-refractivity contribution in [2.45, 2.75) is 51.0 Å². The summed E-state index contributed by atoms with van der Waals surface area (Å²) in [6.45, 7) is 1.52. The van der Waals surface area contributed by atoms with Crippen LogP contribution in [0.1, 0.15) is 44.9 Å². The molecule has 1 aliphatic carbocycles. The summed E-state index contributed by atoms with van der Waals surface area (Å²) in [5.74, 6) is 1.82. The number of hydrogen-bond donors (Lipinski definition) is 2. The zero-order chi connectivity index (χ0) is 9.80. The quantitative estimate of drug-likeness (QED) is 0.724. The summed E-state index contributed by atoms with van der Waals surface area (Å²) in [6, 6.07) is 0.614. The number of aliphatic hydroxyl groups excluding tert-OH is 1. The van der Waals surface area contributed by atoms with Crippen LogP contribution in [0.15, 0.2) is 0 Å². The Kier molecular flexibility index (Phi) is 3.82. The van der Waals surface area contributed by atoms with E-state index in [1.165, 1.54) is 45.1 Å². The Morgan fingerprint density at radius 2 is 1.86 bits per heavy atom. The van der Waals surface area contributed by atoms with Crippen LogP contribution in [0, 0.1) is 11.8 Å². The lowest BCUT2D eigenvalue weighted by Gasteiger charge is -2.31. The Bertz CT molecular complexity index is 166. The molecule has 2 unspecified atom stereocenters. The van der Waals surface area contributed by atoms with Gasteiger partial charge >= 0.3 is 0 Å². The lowest BCUT2D eigenvalue weighted by atomic mass is 9.76. The molecule has 1 saturated carbocycles. The third-order valence-electron chi connectivity index (χ3n) is 4.10. The van der Waals surface area contributed by atoms with Crippen molar-refractivity contribution < 1.29 is 5.11 Å². The van der Waals surface area contributed by atoms with Crippen LogP contribution in [0.5, 0.6) is 0 Å². The molecular weight excluding hydrogens is 174 g/mol. The molecule has 0 radical (unpaired) electrons. The van der Waals surface area contributed by atoms with Crippen molar-refractivity contribution in [2.24, 2.45) is 11.8 Å². The van der Waals surface area contributed by atoms with E-state index < -0.39 is 0 Å². The van der Waals surface area contributed by atoms with E-state index in [1.54, 1.807) is 0 Å². The first kappa shape index (κ1) is 10.4. The van der Waals surface area contributed by atoms with Crippen LogP contribution in [-0.4, -0.2) is 24.3 Å². The molecule has 2 nitrogen and oxygen atoms in total. The molecule has 1 heterocycles. The molecule has 0 spiro atoms. The maximum Gasteiger partial charge on any atom is 0.0445 e. The second-order valence-corrected chi connectivity index (χ2v) is 4.92. The SMILES string of the molecule is OCCC1NCCC1C1CCCCC1. The predicted octanol–water partition coefficient (Wildman–Crippen LogP) is 1.93. The molecule has 2 rings (SSSR count). The van der Waals surface area contributed by atoms with Gasteiger partial charge in [0.25, 0.3) is 0 Å². The topological polar surface area (TPSA) is 32.3 Å². The van der Waals surface area contributed by atoms with Gasteiger partial charge in [-0.05, 0) is 31.2 Å². The van der Waals surface area contributed by atoms with Crippen LogP contribution in [-0.2, 0) is 0 Å². The van der Waals surface area contributed by atoms with Gasteiger partial charge in [-0.2, -0.15) is 0 Å². The molecule has 2 fully saturated rings. The number of hydrogen-bond acceptors (Lipinski definition) is 2. The van der Waals surface area contributed by atoms with Crippen LogP contribution in [0.4, 0.5) is 0 Å². The van der Waals surface area contributed by atoms with E-state index >= 15 is 0 Å². The maximum absolute atomic E-state index is 9.00. The molecular formula is C12H23NO. The molecule has 2 aliphatic rings. The molecule has 0 aromatic heterocycles. The molecule has 2 N–H and O–H groups in total. The average molecular weight is 197 g/mol. The summed E-state index contributed by atoms with van der Waals surface area (Å²) in [6.07, 6.45) is 9.50. The van der Waals surface area contributed by atoms with E-state index in [0.717, 1.165) is 18.3 Å². The third kappa shape index (κ3) is 2.29. The highest BCUT2D eigenvalue weighted by molar-refractivity contribution is 4.88. The van der Waals surface area contributed by atoms with Crippen molar-refractivity contribution in [1.82, 2.24) is 5.32 Å². The molecule has 2 heteroatoms. The monoisotopic (exact) mass is 197 g/mol. The minimum absolute atomic E-state index is 0.348. The Balaban J connectivity index is 1.87. The number of nitrogens with one attached hydrogen (secondary N) is 1. The lowest BCUT2D eigenvalue weighted by Crippen LogP contribution is -2.32. The van der Waals surface area contributed by atoms with Gasteiger partial charge in [0.05, 0.1) is 0 Å². The van der Waals surface area contributed by atoms with Crippen LogP contribution in [0.2, 0.25) is 0 Å². The minimum atomic E-state index is 0.348. The van der Waals surface area contributed by atoms with E-state index in [2.05, 4.69) is 5.32 Å². The van der Waals surface area contributed by atoms with Gasteiger partial charge in [-0.25, -0.2) is 0 Å². The van der Waals surface area contributed by atoms with Crippen molar-refractivity contribution in [2.75, 3.05) is 13.2 Å². The second-order valence-electron chi connectivity index (χ2n) is 4.92. The van der Waals surface area contributed by atoms with Crippen molar-refractivity contribution in [3.05, 3.63) is 0 Å². The first-order valence-corrected chi connectivity index (χ1v) is 6.26. The van der Waals surface area contributed by atoms with Gasteiger partial charge in [0.1, 0.15) is 0 Å². The van der Waals surface area contributed by atoms with E-state index in [0.29, 0.717) is 12.6 Å². The van der Waals surface area contributed by atoms with Crippen LogP contribution >= 0.6 is 0 Å². The van der Waals surface area contributed by atoms with Gasteiger partial charge in [-0.1, -0.05) is 32.1 Å². The Morgan fingerprint density at radius 3 is 2.57 bits per heavy atom. The molecule has 0 aromatic rings. The number of rotatable bonds is 3. The molecule has 2 atom stereocenters. The van der Waals surface area contributed by atoms with E-state index in [4.69, 9.17) is 5.11 Å². The number of aliphatic hydroxyl groups is 1. The maximum atomic E-state index is 9.00. The van der Waals surface area contributed by atoms with Gasteiger partial charge in [-0.3, -0.25) is 0 Å². The van der Waals surface area contributed by atoms with Gasteiger partial charge in [0.2, 0.25) is 0 Å². The first-order chi connectivity index (χ1) is 6.92. The summed E-state index contributed by atoms with van der Waals surface area (Å²) in [5.41, 5.74) is 0. The second kappa shape index (κ2) is 5.13. The molecule has 0 amide bonds. The molecule has 0 bridgehead atoms. The largest absolute Gasteiger partial charge is 0.396 e. The Labute approximate surface area is 87.1 Å². The van der Waals surface area contributed by atoms with Crippen molar-refractivity contribution in [1.29, 1.82) is 0 Å². The van der Waals surface area contributed by atoms with E-state index in [1.807, 2.05) is 0 Å². The zero-order valence-electron chi connectivity index (χ0n) is 9.04. The summed E-state index contributed by atoms with van der Waals surface area (Å²) in [7, 11) is 0. The fourth-order valence-electron chi connectivity index (χ4n) is 3.37. The van der Waals surface area contributed by atoms with Crippen LogP contribution < -0.4 is 5.32 Å². The molecule has 1 aliphatic heterocycles. The molecule has 82 valence electrons. The third-order valence-corrected chi connectivity index (χ3v) is 4.10. The molecule has 0 aromatic carbocycles. The molecule has 14 heavy (non-hydrogen) atoms. The summed E-state index contributed by atoms with van der Waals surface area (Å²) >= 11 is 0. The predicted molar refractivity (Wildman–Crippen MR) is 58.2 cm³/mol. The highest BCUT2D eigenvalue weighted by Crippen LogP contribution is 2.36. The standard InChI is InChI=1S/C12H23NO/c14-9-7-12-11(6-8-13-12)10-4-2-1-3-5-10/h10-14H,1-9H2. The first-order valence-electron chi connectivity index (χ1n) is 6.26. The van der Waals surface area contributed by atoms with Gasteiger partial charge < -0.3 is 10.4 Å². The highest BCUT2D eigenvalue weighted by Gasteiger charge is 2.33. The Hall–Kier alpha value is -0.0800. The normalized spacial score (nSPS) is 34.9.